The molecule has 1 aromatic carbocycles. The van der Waals surface area contributed by atoms with E-state index in [0.29, 0.717) is 16.9 Å². The highest BCUT2D eigenvalue weighted by Gasteiger charge is 2.21. The van der Waals surface area contributed by atoms with E-state index in [-0.39, 0.29) is 18.6 Å². The van der Waals surface area contributed by atoms with Crippen molar-refractivity contribution in [2.45, 2.75) is 44.6 Å². The molecule has 7 nitrogen and oxygen atoms in total. The maximum Gasteiger partial charge on any atom is 0.307 e. The molecule has 1 amide bonds. The van der Waals surface area contributed by atoms with Crippen molar-refractivity contribution in [2.75, 3.05) is 11.6 Å². The maximum absolute atomic E-state index is 12.3. The lowest BCUT2D eigenvalue weighted by molar-refractivity contribution is -0.153. The van der Waals surface area contributed by atoms with E-state index in [2.05, 4.69) is 10.4 Å². The number of anilines is 1. The Labute approximate surface area is 168 Å². The molecule has 0 saturated carbocycles. The number of nitrogens with one attached hydrogen (secondary N) is 1. The second-order valence-corrected chi connectivity index (χ2v) is 7.32. The zero-order chi connectivity index (χ0) is 20.8. The van der Waals surface area contributed by atoms with Crippen molar-refractivity contribution >= 4 is 35.1 Å². The lowest BCUT2D eigenvalue weighted by Crippen LogP contribution is -2.30. The van der Waals surface area contributed by atoms with Gasteiger partial charge in [-0.05, 0) is 39.2 Å². The first-order chi connectivity index (χ1) is 13.2. The van der Waals surface area contributed by atoms with Gasteiger partial charge < -0.3 is 10.1 Å². The quantitative estimate of drug-likeness (QED) is 0.413. The maximum atomic E-state index is 12.3. The summed E-state index contributed by atoms with van der Waals surface area (Å²) < 4.78 is 6.83. The number of aromatic nitrogens is 2. The Morgan fingerprint density at radius 2 is 1.82 bits per heavy atom. The molecule has 2 aromatic rings. The van der Waals surface area contributed by atoms with Gasteiger partial charge in [-0.2, -0.15) is 5.10 Å². The molecule has 150 valence electrons. The summed E-state index contributed by atoms with van der Waals surface area (Å²) in [5.74, 6) is -1.16. The van der Waals surface area contributed by atoms with Crippen LogP contribution in [0.25, 0.3) is 0 Å². The molecule has 0 aliphatic heterocycles. The number of ether oxygens (including phenoxy) is 1. The molecule has 0 spiro atoms. The molecule has 1 heterocycles. The molecule has 28 heavy (non-hydrogen) atoms. The normalized spacial score (nSPS) is 11.8. The van der Waals surface area contributed by atoms with Crippen molar-refractivity contribution in [3.05, 3.63) is 41.2 Å². The third-order valence-electron chi connectivity index (χ3n) is 4.40. The highest BCUT2D eigenvalue weighted by molar-refractivity contribution is 7.98. The van der Waals surface area contributed by atoms with Gasteiger partial charge in [-0.3, -0.25) is 19.1 Å². The second-order valence-electron chi connectivity index (χ2n) is 6.44. The van der Waals surface area contributed by atoms with Gasteiger partial charge in [-0.25, -0.2) is 0 Å². The van der Waals surface area contributed by atoms with Gasteiger partial charge in [-0.1, -0.05) is 12.1 Å². The van der Waals surface area contributed by atoms with Crippen molar-refractivity contribution in [1.29, 1.82) is 0 Å². The average Bonchev–Trinajstić information content (AvgIpc) is 2.92. The van der Waals surface area contributed by atoms with Crippen LogP contribution in [0.2, 0.25) is 0 Å². The van der Waals surface area contributed by atoms with E-state index < -0.39 is 18.0 Å². The predicted octanol–water partition coefficient (Wildman–Crippen LogP) is 3.29. The molecule has 0 aliphatic carbocycles. The van der Waals surface area contributed by atoms with E-state index in [4.69, 9.17) is 4.74 Å². The van der Waals surface area contributed by atoms with Crippen molar-refractivity contribution in [2.24, 2.45) is 7.05 Å². The second kappa shape index (κ2) is 9.54. The van der Waals surface area contributed by atoms with Crippen LogP contribution in [0.3, 0.4) is 0 Å². The fraction of sp³-hybridized carbons (Fsp3) is 0.400. The van der Waals surface area contributed by atoms with Crippen LogP contribution >= 0.6 is 11.8 Å². The van der Waals surface area contributed by atoms with Crippen LogP contribution in [0.15, 0.2) is 29.2 Å². The summed E-state index contributed by atoms with van der Waals surface area (Å²) in [6, 6.07) is 7.22. The van der Waals surface area contributed by atoms with E-state index in [1.807, 2.05) is 25.3 Å². The first-order valence-corrected chi connectivity index (χ1v) is 10.1. The number of esters is 1. The third-order valence-corrected chi connectivity index (χ3v) is 5.15. The molecule has 1 N–H and O–H groups in total. The van der Waals surface area contributed by atoms with E-state index in [9.17, 15) is 14.4 Å². The number of ketones is 1. The highest BCUT2D eigenvalue weighted by atomic mass is 32.2. The molecule has 8 heteroatoms. The van der Waals surface area contributed by atoms with Crippen LogP contribution in [0.4, 0.5) is 5.69 Å². The number of Topliss-reactive ketones (excluding diaryl/α,β-unsaturated/α-hetero) is 1. The van der Waals surface area contributed by atoms with Crippen LogP contribution in [-0.2, 0) is 21.4 Å². The Bertz CT molecular complexity index is 874. The summed E-state index contributed by atoms with van der Waals surface area (Å²) in [4.78, 5) is 37.5. The van der Waals surface area contributed by atoms with Gasteiger partial charge in [0, 0.05) is 23.9 Å². The van der Waals surface area contributed by atoms with Crippen LogP contribution in [0, 0.1) is 13.8 Å². The van der Waals surface area contributed by atoms with E-state index in [1.165, 1.54) is 6.92 Å². The molecule has 1 atom stereocenters. The minimum Gasteiger partial charge on any atom is -0.453 e. The number of nitrogens with zero attached hydrogens (tertiary/aromatic N) is 2. The zero-order valence-electron chi connectivity index (χ0n) is 16.7. The summed E-state index contributed by atoms with van der Waals surface area (Å²) in [6.07, 6.45) is 0.946. The summed E-state index contributed by atoms with van der Waals surface area (Å²) in [5, 5.41) is 6.97. The van der Waals surface area contributed by atoms with E-state index in [0.717, 1.165) is 10.6 Å². The Kier molecular flexibility index (Phi) is 7.39. The van der Waals surface area contributed by atoms with Crippen LogP contribution in [0.1, 0.15) is 41.5 Å². The van der Waals surface area contributed by atoms with Crippen LogP contribution < -0.4 is 5.32 Å². The highest BCUT2D eigenvalue weighted by Crippen LogP contribution is 2.19. The minimum atomic E-state index is -0.970. The number of hydrogen-bond acceptors (Lipinski definition) is 6. The van der Waals surface area contributed by atoms with Crippen molar-refractivity contribution in [3.63, 3.8) is 0 Å². The number of amides is 1. The van der Waals surface area contributed by atoms with Crippen molar-refractivity contribution in [3.8, 4) is 0 Å². The number of carbonyl (C=O) groups is 3. The number of aryl methyl sites for hydroxylation is 2. The first-order valence-electron chi connectivity index (χ1n) is 8.90. The number of hydrogen-bond donors (Lipinski definition) is 1. The van der Waals surface area contributed by atoms with Crippen LogP contribution in [0.5, 0.6) is 0 Å². The average molecular weight is 404 g/mol. The monoisotopic (exact) mass is 403 g/mol. The first kappa shape index (κ1) is 21.7. The van der Waals surface area contributed by atoms with Gasteiger partial charge in [0.15, 0.2) is 11.9 Å². The molecule has 0 aliphatic rings. The Balaban J connectivity index is 1.84. The summed E-state index contributed by atoms with van der Waals surface area (Å²) in [5.41, 5.74) is 2.66. The molecule has 0 unspecified atom stereocenters. The largest absolute Gasteiger partial charge is 0.453 e. The summed E-state index contributed by atoms with van der Waals surface area (Å²) in [7, 11) is 1.78. The molecule has 2 rings (SSSR count). The van der Waals surface area contributed by atoms with E-state index in [1.54, 1.807) is 42.5 Å². The molecule has 0 saturated heterocycles. The number of carbonyl (C=O) groups excluding carboxylic acids is 3. The van der Waals surface area contributed by atoms with Gasteiger partial charge in [-0.15, -0.1) is 11.8 Å². The van der Waals surface area contributed by atoms with Crippen molar-refractivity contribution in [1.82, 2.24) is 9.78 Å². The number of thioether (sulfide) groups is 1. The molecule has 0 bridgehead atoms. The molecular formula is C20H25N3O4S. The van der Waals surface area contributed by atoms with Gasteiger partial charge in [0.25, 0.3) is 5.91 Å². The lowest BCUT2D eigenvalue weighted by Gasteiger charge is -2.13. The number of benzene rings is 1. The fourth-order valence-corrected chi connectivity index (χ4v) is 3.03. The Hall–Kier alpha value is -2.61. The van der Waals surface area contributed by atoms with E-state index >= 15 is 0 Å². The van der Waals surface area contributed by atoms with Crippen molar-refractivity contribution < 1.29 is 19.1 Å². The van der Waals surface area contributed by atoms with Gasteiger partial charge in [0.2, 0.25) is 0 Å². The minimum absolute atomic E-state index is 0.0343. The Morgan fingerprint density at radius 1 is 1.18 bits per heavy atom. The molecule has 0 radical (unpaired) electrons. The Morgan fingerprint density at radius 3 is 2.36 bits per heavy atom. The topological polar surface area (TPSA) is 90.3 Å². The van der Waals surface area contributed by atoms with Gasteiger partial charge in [0.1, 0.15) is 0 Å². The third kappa shape index (κ3) is 5.45. The fourth-order valence-electron chi connectivity index (χ4n) is 2.63. The van der Waals surface area contributed by atoms with Crippen LogP contribution in [-0.4, -0.2) is 39.8 Å². The predicted molar refractivity (Wildman–Crippen MR) is 109 cm³/mol. The molecule has 0 fully saturated rings. The number of rotatable bonds is 8. The molecule has 1 aromatic heterocycles. The smallest absolute Gasteiger partial charge is 0.307 e. The standard InChI is InChI=1S/C20H25N3O4S/c1-12-19(13(2)23(4)22-12)21-20(26)14(3)27-18(25)11-10-17(24)15-6-8-16(28-5)9-7-15/h6-9,14H,10-11H2,1-5H3,(H,21,26)/t14-/m1/s1. The summed E-state index contributed by atoms with van der Waals surface area (Å²) in [6.45, 7) is 5.12. The van der Waals surface area contributed by atoms with Gasteiger partial charge in [0.05, 0.1) is 23.5 Å². The van der Waals surface area contributed by atoms with Gasteiger partial charge >= 0.3 is 5.97 Å². The zero-order valence-corrected chi connectivity index (χ0v) is 17.6. The lowest BCUT2D eigenvalue weighted by atomic mass is 10.1. The molecular weight excluding hydrogens is 378 g/mol. The summed E-state index contributed by atoms with van der Waals surface area (Å²) >= 11 is 1.59. The SMILES string of the molecule is CSc1ccc(C(=O)CCC(=O)O[C@H](C)C(=O)Nc2c(C)nn(C)c2C)cc1.